The van der Waals surface area contributed by atoms with Gasteiger partial charge in [-0.15, -0.1) is 0 Å². The van der Waals surface area contributed by atoms with Gasteiger partial charge in [-0.1, -0.05) is 36.4 Å². The van der Waals surface area contributed by atoms with E-state index in [2.05, 4.69) is 0 Å². The second-order valence-corrected chi connectivity index (χ2v) is 2.22. The van der Waals surface area contributed by atoms with Crippen LogP contribution in [0.2, 0.25) is 0 Å². The molecule has 0 radical (unpaired) electrons. The summed E-state index contributed by atoms with van der Waals surface area (Å²) in [5, 5.41) is 8.21. The summed E-state index contributed by atoms with van der Waals surface area (Å²) in [5.41, 5.74) is 1.24. The van der Waals surface area contributed by atoms with Crippen molar-refractivity contribution in [2.75, 3.05) is 0 Å². The molecule has 0 unspecified atom stereocenters. The number of nitriles is 1. The van der Waals surface area contributed by atoms with Gasteiger partial charge in [-0.3, -0.25) is 0 Å². The van der Waals surface area contributed by atoms with Gasteiger partial charge in [0.15, 0.2) is 0 Å². The van der Waals surface area contributed by atoms with Crippen LogP contribution < -0.4 is 0 Å². The Morgan fingerprint density at radius 1 is 1.27 bits per heavy atom. The fourth-order valence-electron chi connectivity index (χ4n) is 0.862. The Balaban J connectivity index is 2.53. The average molecular weight is 143 g/mol. The molecule has 1 rings (SSSR count). The highest BCUT2D eigenvalue weighted by atomic mass is 14.2. The van der Waals surface area contributed by atoms with Crippen molar-refractivity contribution < 1.29 is 0 Å². The topological polar surface area (TPSA) is 23.8 Å². The molecule has 1 heteroatoms. The van der Waals surface area contributed by atoms with Crippen LogP contribution in [-0.2, 0) is 6.42 Å². The van der Waals surface area contributed by atoms with Crippen LogP contribution in [0.25, 0.3) is 0 Å². The third kappa shape index (κ3) is 2.68. The first-order valence-electron chi connectivity index (χ1n) is 3.52. The maximum atomic E-state index is 8.21. The van der Waals surface area contributed by atoms with E-state index in [1.165, 1.54) is 11.6 Å². The maximum absolute atomic E-state index is 8.21. The summed E-state index contributed by atoms with van der Waals surface area (Å²) in [4.78, 5) is 0. The normalized spacial score (nSPS) is 9.73. The largest absolute Gasteiger partial charge is 0.193 e. The fraction of sp³-hybridized carbons (Fsp3) is 0.100. The summed E-state index contributed by atoms with van der Waals surface area (Å²) in [6, 6.07) is 12.0. The van der Waals surface area contributed by atoms with Crippen LogP contribution in [-0.4, -0.2) is 0 Å². The van der Waals surface area contributed by atoms with Crippen molar-refractivity contribution in [3.8, 4) is 6.07 Å². The molecular weight excluding hydrogens is 134 g/mol. The van der Waals surface area contributed by atoms with Crippen molar-refractivity contribution in [3.63, 3.8) is 0 Å². The van der Waals surface area contributed by atoms with E-state index < -0.39 is 0 Å². The van der Waals surface area contributed by atoms with Crippen molar-refractivity contribution in [1.29, 1.82) is 5.26 Å². The molecule has 0 atom stereocenters. The van der Waals surface area contributed by atoms with Gasteiger partial charge in [0.2, 0.25) is 0 Å². The van der Waals surface area contributed by atoms with E-state index in [1.807, 2.05) is 42.5 Å². The van der Waals surface area contributed by atoms with E-state index in [0.29, 0.717) is 0 Å². The molecule has 0 bridgehead atoms. The SMILES string of the molecule is N#CC=CCc1ccccc1. The maximum Gasteiger partial charge on any atom is 0.0908 e. The predicted molar refractivity (Wildman–Crippen MR) is 44.9 cm³/mol. The number of benzene rings is 1. The van der Waals surface area contributed by atoms with E-state index in [-0.39, 0.29) is 0 Å². The molecule has 0 fully saturated rings. The van der Waals surface area contributed by atoms with Gasteiger partial charge in [-0.05, 0) is 12.0 Å². The van der Waals surface area contributed by atoms with Crippen LogP contribution in [0.15, 0.2) is 42.5 Å². The zero-order valence-corrected chi connectivity index (χ0v) is 6.20. The van der Waals surface area contributed by atoms with Gasteiger partial charge >= 0.3 is 0 Å². The molecule has 0 spiro atoms. The minimum absolute atomic E-state index is 0.842. The molecule has 0 aliphatic heterocycles. The van der Waals surface area contributed by atoms with Crippen LogP contribution in [0.1, 0.15) is 5.56 Å². The van der Waals surface area contributed by atoms with Crippen molar-refractivity contribution in [2.45, 2.75) is 6.42 Å². The number of rotatable bonds is 2. The van der Waals surface area contributed by atoms with Gasteiger partial charge in [0.05, 0.1) is 6.07 Å². The first-order chi connectivity index (χ1) is 5.43. The number of hydrogen-bond donors (Lipinski definition) is 0. The highest BCUT2D eigenvalue weighted by Crippen LogP contribution is 1.99. The lowest BCUT2D eigenvalue weighted by Gasteiger charge is -1.91. The van der Waals surface area contributed by atoms with Crippen LogP contribution in [0.3, 0.4) is 0 Å². The lowest BCUT2D eigenvalue weighted by molar-refractivity contribution is 1.27. The second kappa shape index (κ2) is 4.29. The summed E-state index contributed by atoms with van der Waals surface area (Å²) >= 11 is 0. The Morgan fingerprint density at radius 3 is 2.64 bits per heavy atom. The van der Waals surface area contributed by atoms with E-state index in [9.17, 15) is 0 Å². The van der Waals surface area contributed by atoms with Crippen LogP contribution in [0.5, 0.6) is 0 Å². The van der Waals surface area contributed by atoms with E-state index in [0.717, 1.165) is 6.42 Å². The van der Waals surface area contributed by atoms with Crippen LogP contribution in [0.4, 0.5) is 0 Å². The van der Waals surface area contributed by atoms with Crippen LogP contribution in [0, 0.1) is 11.3 Å². The third-order valence-corrected chi connectivity index (χ3v) is 1.39. The van der Waals surface area contributed by atoms with Gasteiger partial charge in [-0.2, -0.15) is 5.26 Å². The number of hydrogen-bond acceptors (Lipinski definition) is 1. The Labute approximate surface area is 66.6 Å². The molecule has 0 heterocycles. The smallest absolute Gasteiger partial charge is 0.0908 e. The summed E-state index contributed by atoms with van der Waals surface area (Å²) in [6.45, 7) is 0. The standard InChI is InChI=1S/C10H9N/c11-9-5-4-8-10-6-2-1-3-7-10/h1-7H,8H2. The summed E-state index contributed by atoms with van der Waals surface area (Å²) < 4.78 is 0. The van der Waals surface area contributed by atoms with Crippen molar-refractivity contribution in [1.82, 2.24) is 0 Å². The zero-order chi connectivity index (χ0) is 7.94. The lowest BCUT2D eigenvalue weighted by Crippen LogP contribution is -1.77. The molecule has 11 heavy (non-hydrogen) atoms. The minimum atomic E-state index is 0.842. The number of allylic oxidation sites excluding steroid dienone is 2. The summed E-state index contributed by atoms with van der Waals surface area (Å²) in [5.74, 6) is 0. The van der Waals surface area contributed by atoms with Crippen LogP contribution >= 0.6 is 0 Å². The molecule has 0 aliphatic carbocycles. The molecular formula is C10H9N. The number of nitrogens with zero attached hydrogens (tertiary/aromatic N) is 1. The molecule has 0 saturated heterocycles. The first-order valence-corrected chi connectivity index (χ1v) is 3.52. The monoisotopic (exact) mass is 143 g/mol. The molecule has 0 amide bonds. The quantitative estimate of drug-likeness (QED) is 0.583. The lowest BCUT2D eigenvalue weighted by atomic mass is 10.1. The summed E-state index contributed by atoms with van der Waals surface area (Å²) in [6.07, 6.45) is 4.21. The highest BCUT2D eigenvalue weighted by Gasteiger charge is 1.83. The van der Waals surface area contributed by atoms with E-state index >= 15 is 0 Å². The Morgan fingerprint density at radius 2 is 2.00 bits per heavy atom. The zero-order valence-electron chi connectivity index (χ0n) is 6.20. The molecule has 0 saturated carbocycles. The molecule has 0 N–H and O–H groups in total. The van der Waals surface area contributed by atoms with Crippen molar-refractivity contribution in [2.24, 2.45) is 0 Å². The summed E-state index contributed by atoms with van der Waals surface area (Å²) in [7, 11) is 0. The van der Waals surface area contributed by atoms with E-state index in [4.69, 9.17) is 5.26 Å². The first kappa shape index (κ1) is 7.56. The van der Waals surface area contributed by atoms with Gasteiger partial charge in [0.1, 0.15) is 0 Å². The van der Waals surface area contributed by atoms with Gasteiger partial charge in [0.25, 0.3) is 0 Å². The van der Waals surface area contributed by atoms with Crippen molar-refractivity contribution >= 4 is 0 Å². The van der Waals surface area contributed by atoms with Gasteiger partial charge in [0, 0.05) is 6.08 Å². The Hall–Kier alpha value is -1.55. The molecule has 54 valence electrons. The predicted octanol–water partition coefficient (Wildman–Crippen LogP) is 2.31. The Bertz CT molecular complexity index is 267. The molecule has 1 nitrogen and oxygen atoms in total. The van der Waals surface area contributed by atoms with Gasteiger partial charge in [-0.25, -0.2) is 0 Å². The van der Waals surface area contributed by atoms with Gasteiger partial charge < -0.3 is 0 Å². The average Bonchev–Trinajstić information content (AvgIpc) is 2.07. The fourth-order valence-corrected chi connectivity index (χ4v) is 0.862. The molecule has 0 aliphatic rings. The second-order valence-electron chi connectivity index (χ2n) is 2.22. The van der Waals surface area contributed by atoms with Crippen molar-refractivity contribution in [3.05, 3.63) is 48.0 Å². The molecule has 0 aromatic heterocycles. The Kier molecular flexibility index (Phi) is 2.95. The molecule has 1 aromatic rings. The minimum Gasteiger partial charge on any atom is -0.193 e. The van der Waals surface area contributed by atoms with E-state index in [1.54, 1.807) is 0 Å². The molecule has 1 aromatic carbocycles. The highest BCUT2D eigenvalue weighted by molar-refractivity contribution is 5.18. The third-order valence-electron chi connectivity index (χ3n) is 1.39.